The summed E-state index contributed by atoms with van der Waals surface area (Å²) in [5, 5.41) is 11.9. The summed E-state index contributed by atoms with van der Waals surface area (Å²) in [6.07, 6.45) is 0.558. The van der Waals surface area contributed by atoms with E-state index in [2.05, 4.69) is 5.32 Å². The molecule has 2 N–H and O–H groups in total. The predicted molar refractivity (Wildman–Crippen MR) is 73.5 cm³/mol. The summed E-state index contributed by atoms with van der Waals surface area (Å²) in [7, 11) is 0. The molecule has 0 aliphatic carbocycles. The monoisotopic (exact) mass is 289 g/mol. The Labute approximate surface area is 121 Å². The SMILES string of the molecule is C[C@H](OC(=O)c1cccc(O)c1)C(=O)NCc1ccco1. The van der Waals surface area contributed by atoms with Crippen LogP contribution in [-0.2, 0) is 16.1 Å². The molecule has 1 atom stereocenters. The van der Waals surface area contributed by atoms with Gasteiger partial charge in [0.2, 0.25) is 0 Å². The van der Waals surface area contributed by atoms with Gasteiger partial charge in [0.05, 0.1) is 18.4 Å². The fraction of sp³-hybridized carbons (Fsp3) is 0.200. The van der Waals surface area contributed by atoms with Gasteiger partial charge in [0.1, 0.15) is 11.5 Å². The molecule has 110 valence electrons. The Balaban J connectivity index is 1.86. The number of hydrogen-bond acceptors (Lipinski definition) is 5. The van der Waals surface area contributed by atoms with Gasteiger partial charge in [-0.05, 0) is 37.3 Å². The van der Waals surface area contributed by atoms with Gasteiger partial charge in [-0.15, -0.1) is 0 Å². The Hall–Kier alpha value is -2.76. The highest BCUT2D eigenvalue weighted by molar-refractivity contribution is 5.92. The van der Waals surface area contributed by atoms with E-state index in [4.69, 9.17) is 9.15 Å². The van der Waals surface area contributed by atoms with Gasteiger partial charge in [-0.25, -0.2) is 4.79 Å². The maximum atomic E-state index is 11.8. The van der Waals surface area contributed by atoms with Crippen LogP contribution in [0.1, 0.15) is 23.0 Å². The highest BCUT2D eigenvalue weighted by atomic mass is 16.5. The van der Waals surface area contributed by atoms with Crippen LogP contribution < -0.4 is 5.32 Å². The molecule has 1 heterocycles. The molecule has 0 aliphatic heterocycles. The highest BCUT2D eigenvalue weighted by Crippen LogP contribution is 2.12. The molecule has 0 fully saturated rings. The summed E-state index contributed by atoms with van der Waals surface area (Å²) in [5.41, 5.74) is 0.181. The first-order chi connectivity index (χ1) is 10.1. The maximum Gasteiger partial charge on any atom is 0.339 e. The number of phenolic OH excluding ortho intramolecular Hbond substituents is 1. The van der Waals surface area contributed by atoms with Gasteiger partial charge in [0.15, 0.2) is 6.10 Å². The third-order valence-electron chi connectivity index (χ3n) is 2.75. The Morgan fingerprint density at radius 1 is 1.33 bits per heavy atom. The van der Waals surface area contributed by atoms with Crippen LogP contribution in [-0.4, -0.2) is 23.1 Å². The van der Waals surface area contributed by atoms with Crippen molar-refractivity contribution in [3.8, 4) is 5.75 Å². The number of carbonyl (C=O) groups excluding carboxylic acids is 2. The molecular formula is C15H15NO5. The van der Waals surface area contributed by atoms with E-state index >= 15 is 0 Å². The van der Waals surface area contributed by atoms with Crippen molar-refractivity contribution in [1.29, 1.82) is 0 Å². The lowest BCUT2D eigenvalue weighted by Crippen LogP contribution is -2.35. The third kappa shape index (κ3) is 4.10. The molecule has 0 radical (unpaired) electrons. The van der Waals surface area contributed by atoms with E-state index in [0.29, 0.717) is 5.76 Å². The number of ether oxygens (including phenoxy) is 1. The van der Waals surface area contributed by atoms with Gasteiger partial charge in [0, 0.05) is 0 Å². The Morgan fingerprint density at radius 2 is 2.14 bits per heavy atom. The standard InChI is InChI=1S/C15H15NO5/c1-10(14(18)16-9-13-6-3-7-20-13)21-15(19)11-4-2-5-12(17)8-11/h2-8,10,17H,9H2,1H3,(H,16,18)/t10-/m0/s1. The zero-order valence-electron chi connectivity index (χ0n) is 11.4. The lowest BCUT2D eigenvalue weighted by Gasteiger charge is -2.13. The lowest BCUT2D eigenvalue weighted by atomic mass is 10.2. The van der Waals surface area contributed by atoms with Crippen LogP contribution in [0.2, 0.25) is 0 Å². The van der Waals surface area contributed by atoms with Crippen LogP contribution in [0.15, 0.2) is 47.1 Å². The Kier molecular flexibility index (Phi) is 4.61. The van der Waals surface area contributed by atoms with Crippen molar-refractivity contribution in [2.24, 2.45) is 0 Å². The predicted octanol–water partition coefficient (Wildman–Crippen LogP) is 1.85. The minimum absolute atomic E-state index is 0.0422. The van der Waals surface area contributed by atoms with Crippen molar-refractivity contribution in [2.45, 2.75) is 19.6 Å². The molecule has 6 heteroatoms. The summed E-state index contributed by atoms with van der Waals surface area (Å²) in [6.45, 7) is 1.69. The minimum atomic E-state index is -0.949. The van der Waals surface area contributed by atoms with Gasteiger partial charge >= 0.3 is 5.97 Å². The average Bonchev–Trinajstić information content (AvgIpc) is 2.97. The molecule has 0 spiro atoms. The van der Waals surface area contributed by atoms with E-state index in [0.717, 1.165) is 0 Å². The summed E-state index contributed by atoms with van der Waals surface area (Å²) < 4.78 is 10.1. The van der Waals surface area contributed by atoms with Crippen LogP contribution in [0.3, 0.4) is 0 Å². The first-order valence-corrected chi connectivity index (χ1v) is 6.36. The van der Waals surface area contributed by atoms with Crippen LogP contribution in [0.4, 0.5) is 0 Å². The van der Waals surface area contributed by atoms with Crippen LogP contribution >= 0.6 is 0 Å². The topological polar surface area (TPSA) is 88.8 Å². The number of esters is 1. The number of aromatic hydroxyl groups is 1. The lowest BCUT2D eigenvalue weighted by molar-refractivity contribution is -0.129. The quantitative estimate of drug-likeness (QED) is 0.820. The molecule has 0 saturated carbocycles. The summed E-state index contributed by atoms with van der Waals surface area (Å²) in [5.74, 6) is -0.541. The van der Waals surface area contributed by atoms with E-state index in [1.807, 2.05) is 0 Å². The number of furan rings is 1. The molecule has 1 aromatic carbocycles. The van der Waals surface area contributed by atoms with E-state index in [1.54, 1.807) is 12.1 Å². The molecular weight excluding hydrogens is 274 g/mol. The van der Waals surface area contributed by atoms with Crippen LogP contribution in [0.5, 0.6) is 5.75 Å². The second-order valence-electron chi connectivity index (χ2n) is 4.40. The molecule has 2 aromatic rings. The fourth-order valence-electron chi connectivity index (χ4n) is 1.65. The van der Waals surface area contributed by atoms with Crippen molar-refractivity contribution < 1.29 is 23.8 Å². The maximum absolute atomic E-state index is 11.8. The van der Waals surface area contributed by atoms with Gasteiger partial charge in [-0.1, -0.05) is 6.07 Å². The molecule has 2 rings (SSSR count). The molecule has 0 unspecified atom stereocenters. The zero-order valence-corrected chi connectivity index (χ0v) is 11.4. The number of benzene rings is 1. The highest BCUT2D eigenvalue weighted by Gasteiger charge is 2.19. The van der Waals surface area contributed by atoms with Crippen molar-refractivity contribution in [2.75, 3.05) is 0 Å². The summed E-state index contributed by atoms with van der Waals surface area (Å²) in [4.78, 5) is 23.6. The van der Waals surface area contributed by atoms with E-state index < -0.39 is 18.0 Å². The van der Waals surface area contributed by atoms with Gasteiger partial charge < -0.3 is 19.6 Å². The largest absolute Gasteiger partial charge is 0.508 e. The molecule has 1 amide bonds. The van der Waals surface area contributed by atoms with Crippen molar-refractivity contribution in [3.63, 3.8) is 0 Å². The van der Waals surface area contributed by atoms with Gasteiger partial charge in [-0.2, -0.15) is 0 Å². The third-order valence-corrected chi connectivity index (χ3v) is 2.75. The number of amides is 1. The van der Waals surface area contributed by atoms with Gasteiger partial charge in [0.25, 0.3) is 5.91 Å². The fourth-order valence-corrected chi connectivity index (χ4v) is 1.65. The molecule has 1 aromatic heterocycles. The molecule has 21 heavy (non-hydrogen) atoms. The van der Waals surface area contributed by atoms with Crippen molar-refractivity contribution >= 4 is 11.9 Å². The molecule has 0 bridgehead atoms. The van der Waals surface area contributed by atoms with E-state index in [9.17, 15) is 14.7 Å². The number of hydrogen-bond donors (Lipinski definition) is 2. The van der Waals surface area contributed by atoms with Crippen LogP contribution in [0.25, 0.3) is 0 Å². The second-order valence-corrected chi connectivity index (χ2v) is 4.40. The Morgan fingerprint density at radius 3 is 2.81 bits per heavy atom. The van der Waals surface area contributed by atoms with Crippen molar-refractivity contribution in [3.05, 3.63) is 54.0 Å². The summed E-state index contributed by atoms with van der Waals surface area (Å²) >= 11 is 0. The summed E-state index contributed by atoms with van der Waals surface area (Å²) in [6, 6.07) is 9.17. The first kappa shape index (κ1) is 14.6. The van der Waals surface area contributed by atoms with E-state index in [-0.39, 0.29) is 17.9 Å². The number of nitrogens with one attached hydrogen (secondary N) is 1. The average molecular weight is 289 g/mol. The molecule has 0 aliphatic rings. The van der Waals surface area contributed by atoms with E-state index in [1.165, 1.54) is 37.5 Å². The zero-order chi connectivity index (χ0) is 15.2. The number of rotatable bonds is 5. The number of phenols is 1. The van der Waals surface area contributed by atoms with Gasteiger partial charge in [-0.3, -0.25) is 4.79 Å². The first-order valence-electron chi connectivity index (χ1n) is 6.36. The Bertz CT molecular complexity index is 621. The number of carbonyl (C=O) groups is 2. The normalized spacial score (nSPS) is 11.7. The molecule has 6 nitrogen and oxygen atoms in total. The van der Waals surface area contributed by atoms with Crippen LogP contribution in [0, 0.1) is 0 Å². The van der Waals surface area contributed by atoms with Crippen molar-refractivity contribution in [1.82, 2.24) is 5.32 Å². The minimum Gasteiger partial charge on any atom is -0.508 e. The molecule has 0 saturated heterocycles. The second kappa shape index (κ2) is 6.60. The smallest absolute Gasteiger partial charge is 0.339 e.